The lowest BCUT2D eigenvalue weighted by molar-refractivity contribution is -0.117. The number of halogens is 3. The van der Waals surface area contributed by atoms with Crippen molar-refractivity contribution in [1.82, 2.24) is 4.90 Å². The highest BCUT2D eigenvalue weighted by molar-refractivity contribution is 5.92. The number of nitrogens with one attached hydrogen (secondary N) is 1. The van der Waals surface area contributed by atoms with Crippen LogP contribution >= 0.6 is 0 Å². The van der Waals surface area contributed by atoms with Crippen LogP contribution in [-0.2, 0) is 11.3 Å². The Labute approximate surface area is 139 Å². The topological polar surface area (TPSA) is 32.3 Å². The zero-order valence-corrected chi connectivity index (χ0v) is 13.8. The molecule has 3 nitrogen and oxygen atoms in total. The van der Waals surface area contributed by atoms with Gasteiger partial charge in [0.15, 0.2) is 17.5 Å². The molecule has 0 bridgehead atoms. The van der Waals surface area contributed by atoms with Crippen molar-refractivity contribution in [3.05, 3.63) is 64.5 Å². The average Bonchev–Trinajstić information content (AvgIpc) is 2.46. The number of hydrogen-bond acceptors (Lipinski definition) is 2. The highest BCUT2D eigenvalue weighted by atomic mass is 19.2. The van der Waals surface area contributed by atoms with Crippen molar-refractivity contribution in [1.29, 1.82) is 0 Å². The number of likely N-dealkylation sites (N-methyl/N-ethyl adjacent to an activating group) is 1. The molecule has 0 heterocycles. The smallest absolute Gasteiger partial charge is 0.238 e. The van der Waals surface area contributed by atoms with Crippen molar-refractivity contribution in [2.45, 2.75) is 20.4 Å². The van der Waals surface area contributed by atoms with E-state index >= 15 is 0 Å². The molecule has 1 N–H and O–H groups in total. The number of benzene rings is 2. The molecule has 0 saturated carbocycles. The van der Waals surface area contributed by atoms with Gasteiger partial charge in [0.05, 0.1) is 12.2 Å². The Morgan fingerprint density at radius 3 is 2.29 bits per heavy atom. The van der Waals surface area contributed by atoms with Crippen molar-refractivity contribution < 1.29 is 18.0 Å². The van der Waals surface area contributed by atoms with Crippen LogP contribution in [0.25, 0.3) is 0 Å². The molecule has 0 unspecified atom stereocenters. The summed E-state index contributed by atoms with van der Waals surface area (Å²) in [6.45, 7) is 4.52. The minimum Gasteiger partial charge on any atom is -0.322 e. The van der Waals surface area contributed by atoms with Crippen molar-refractivity contribution >= 4 is 11.6 Å². The highest BCUT2D eigenvalue weighted by Crippen LogP contribution is 2.19. The molecule has 0 radical (unpaired) electrons. The van der Waals surface area contributed by atoms with E-state index in [1.54, 1.807) is 11.9 Å². The molecule has 0 saturated heterocycles. The molecule has 0 aromatic heterocycles. The number of hydrogen-bond donors (Lipinski definition) is 1. The summed E-state index contributed by atoms with van der Waals surface area (Å²) >= 11 is 0. The second kappa shape index (κ2) is 7.49. The van der Waals surface area contributed by atoms with Crippen LogP contribution in [0.1, 0.15) is 16.7 Å². The van der Waals surface area contributed by atoms with E-state index in [0.717, 1.165) is 28.8 Å². The average molecular weight is 336 g/mol. The Morgan fingerprint density at radius 2 is 1.67 bits per heavy atom. The number of aryl methyl sites for hydroxylation is 2. The summed E-state index contributed by atoms with van der Waals surface area (Å²) in [5.41, 5.74) is 2.94. The fourth-order valence-corrected chi connectivity index (χ4v) is 2.59. The standard InChI is InChI=1S/C18H19F3N2O/c1-11-6-12(2)8-13(7-11)9-23(3)10-16(24)22-15-5-4-14(19)17(20)18(15)21/h4-8H,9-10H2,1-3H3,(H,22,24). The molecule has 0 aliphatic heterocycles. The van der Waals surface area contributed by atoms with Crippen molar-refractivity contribution in [2.75, 3.05) is 18.9 Å². The van der Waals surface area contributed by atoms with Gasteiger partial charge in [-0.25, -0.2) is 13.2 Å². The van der Waals surface area contributed by atoms with Crippen LogP contribution in [0.3, 0.4) is 0 Å². The molecule has 2 rings (SSSR count). The Bertz CT molecular complexity index is 742. The molecule has 2 aromatic rings. The molecule has 1 amide bonds. The number of carbonyl (C=O) groups excluding carboxylic acids is 1. The largest absolute Gasteiger partial charge is 0.322 e. The fourth-order valence-electron chi connectivity index (χ4n) is 2.59. The second-order valence-corrected chi connectivity index (χ2v) is 5.94. The first-order chi connectivity index (χ1) is 11.3. The number of nitrogens with zero attached hydrogens (tertiary/aromatic N) is 1. The molecule has 0 aliphatic carbocycles. The fraction of sp³-hybridized carbons (Fsp3) is 0.278. The second-order valence-electron chi connectivity index (χ2n) is 5.94. The van der Waals surface area contributed by atoms with Crippen molar-refractivity contribution in [3.63, 3.8) is 0 Å². The maximum absolute atomic E-state index is 13.6. The van der Waals surface area contributed by atoms with E-state index in [2.05, 4.69) is 11.4 Å². The van der Waals surface area contributed by atoms with Crippen molar-refractivity contribution in [2.24, 2.45) is 0 Å². The van der Waals surface area contributed by atoms with Gasteiger partial charge in [0.25, 0.3) is 0 Å². The lowest BCUT2D eigenvalue weighted by atomic mass is 10.1. The lowest BCUT2D eigenvalue weighted by Crippen LogP contribution is -2.30. The summed E-state index contributed by atoms with van der Waals surface area (Å²) in [6.07, 6.45) is 0. The minimum atomic E-state index is -1.60. The third kappa shape index (κ3) is 4.58. The van der Waals surface area contributed by atoms with E-state index in [1.807, 2.05) is 26.0 Å². The summed E-state index contributed by atoms with van der Waals surface area (Å²) in [7, 11) is 1.75. The predicted octanol–water partition coefficient (Wildman–Crippen LogP) is 3.79. The van der Waals surface area contributed by atoms with Gasteiger partial charge in [-0.2, -0.15) is 0 Å². The third-order valence-corrected chi connectivity index (χ3v) is 3.46. The minimum absolute atomic E-state index is 0.00851. The first-order valence-electron chi connectivity index (χ1n) is 7.45. The van der Waals surface area contributed by atoms with Gasteiger partial charge in [0.2, 0.25) is 5.91 Å². The summed E-state index contributed by atoms with van der Waals surface area (Å²) in [5.74, 6) is -4.80. The SMILES string of the molecule is Cc1cc(C)cc(CN(C)CC(=O)Nc2ccc(F)c(F)c2F)c1. The first kappa shape index (κ1) is 18.0. The van der Waals surface area contributed by atoms with Crippen LogP contribution in [0.4, 0.5) is 18.9 Å². The third-order valence-electron chi connectivity index (χ3n) is 3.46. The van der Waals surface area contributed by atoms with Gasteiger partial charge < -0.3 is 5.32 Å². The summed E-state index contributed by atoms with van der Waals surface area (Å²) in [4.78, 5) is 13.7. The van der Waals surface area contributed by atoms with Gasteiger partial charge in [0, 0.05) is 6.54 Å². The van der Waals surface area contributed by atoms with E-state index in [1.165, 1.54) is 0 Å². The Kier molecular flexibility index (Phi) is 5.62. The summed E-state index contributed by atoms with van der Waals surface area (Å²) in [5, 5.41) is 2.26. The Morgan fingerprint density at radius 1 is 1.04 bits per heavy atom. The molecule has 0 aliphatic rings. The van der Waals surface area contributed by atoms with E-state index in [0.29, 0.717) is 6.54 Å². The lowest BCUT2D eigenvalue weighted by Gasteiger charge is -2.17. The van der Waals surface area contributed by atoms with Gasteiger partial charge in [-0.15, -0.1) is 0 Å². The summed E-state index contributed by atoms with van der Waals surface area (Å²) < 4.78 is 39.6. The van der Waals surface area contributed by atoms with Gasteiger partial charge in [-0.05, 0) is 38.6 Å². The number of carbonyl (C=O) groups is 1. The quantitative estimate of drug-likeness (QED) is 0.843. The van der Waals surface area contributed by atoms with Crippen LogP contribution in [0.15, 0.2) is 30.3 Å². The number of rotatable bonds is 5. The first-order valence-corrected chi connectivity index (χ1v) is 7.45. The van der Waals surface area contributed by atoms with Crippen molar-refractivity contribution in [3.8, 4) is 0 Å². The van der Waals surface area contributed by atoms with Crippen LogP contribution < -0.4 is 5.32 Å². The molecule has 2 aromatic carbocycles. The Balaban J connectivity index is 1.98. The molecule has 0 spiro atoms. The van der Waals surface area contributed by atoms with Crippen LogP contribution in [0.2, 0.25) is 0 Å². The number of amides is 1. The molecular formula is C18H19F3N2O. The van der Waals surface area contributed by atoms with Gasteiger partial charge in [-0.1, -0.05) is 29.3 Å². The Hall–Kier alpha value is -2.34. The van der Waals surface area contributed by atoms with Gasteiger partial charge >= 0.3 is 0 Å². The van der Waals surface area contributed by atoms with Gasteiger partial charge in [0.1, 0.15) is 0 Å². The molecule has 0 atom stereocenters. The zero-order chi connectivity index (χ0) is 17.9. The normalized spacial score (nSPS) is 11.0. The van der Waals surface area contributed by atoms with E-state index < -0.39 is 23.4 Å². The maximum Gasteiger partial charge on any atom is 0.238 e. The van der Waals surface area contributed by atoms with Crippen LogP contribution in [0.5, 0.6) is 0 Å². The van der Waals surface area contributed by atoms with E-state index in [4.69, 9.17) is 0 Å². The number of anilines is 1. The van der Waals surface area contributed by atoms with E-state index in [9.17, 15) is 18.0 Å². The monoisotopic (exact) mass is 336 g/mol. The molecule has 24 heavy (non-hydrogen) atoms. The van der Waals surface area contributed by atoms with Gasteiger partial charge in [-0.3, -0.25) is 9.69 Å². The predicted molar refractivity (Wildman–Crippen MR) is 87.2 cm³/mol. The maximum atomic E-state index is 13.6. The zero-order valence-electron chi connectivity index (χ0n) is 13.8. The van der Waals surface area contributed by atoms with Crippen LogP contribution in [0, 0.1) is 31.3 Å². The van der Waals surface area contributed by atoms with E-state index in [-0.39, 0.29) is 12.2 Å². The molecular weight excluding hydrogens is 317 g/mol. The summed E-state index contributed by atoms with van der Waals surface area (Å²) in [6, 6.07) is 7.87. The highest BCUT2D eigenvalue weighted by Gasteiger charge is 2.16. The molecule has 128 valence electrons. The van der Waals surface area contributed by atoms with Crippen LogP contribution in [-0.4, -0.2) is 24.4 Å². The molecule has 6 heteroatoms. The molecule has 0 fully saturated rings.